The van der Waals surface area contributed by atoms with E-state index in [1.54, 1.807) is 31.1 Å². The maximum atomic E-state index is 13.1. The lowest BCUT2D eigenvalue weighted by atomic mass is 10.2. The van der Waals surface area contributed by atoms with E-state index in [9.17, 15) is 9.18 Å². The van der Waals surface area contributed by atoms with E-state index in [4.69, 9.17) is 0 Å². The Labute approximate surface area is 113 Å². The maximum absolute atomic E-state index is 13.1. The van der Waals surface area contributed by atoms with Crippen molar-refractivity contribution in [3.05, 3.63) is 35.6 Å². The Balaban J connectivity index is 1.85. The molecule has 1 fully saturated rings. The summed E-state index contributed by atoms with van der Waals surface area (Å²) in [5, 5.41) is 0. The topological polar surface area (TPSA) is 26.8 Å². The number of hydrogen-bond donors (Lipinski definition) is 0. The van der Waals surface area contributed by atoms with E-state index in [0.29, 0.717) is 0 Å². The highest BCUT2D eigenvalue weighted by atomic mass is 19.1. The maximum Gasteiger partial charge on any atom is 0.319 e. The first-order chi connectivity index (χ1) is 9.06. The highest BCUT2D eigenvalue weighted by Crippen LogP contribution is 2.10. The van der Waals surface area contributed by atoms with Gasteiger partial charge in [0.05, 0.1) is 0 Å². The molecule has 0 atom stereocenters. The summed E-state index contributed by atoms with van der Waals surface area (Å²) in [4.78, 5) is 17.5. The summed E-state index contributed by atoms with van der Waals surface area (Å²) in [7, 11) is 3.53. The summed E-state index contributed by atoms with van der Waals surface area (Å²) in [6.07, 6.45) is 0. The highest BCUT2D eigenvalue weighted by molar-refractivity contribution is 5.73. The largest absolute Gasteiger partial charge is 0.331 e. The fourth-order valence-corrected chi connectivity index (χ4v) is 2.27. The van der Waals surface area contributed by atoms with Crippen LogP contribution in [0.3, 0.4) is 0 Å². The monoisotopic (exact) mass is 265 g/mol. The van der Waals surface area contributed by atoms with Crippen LogP contribution in [0.1, 0.15) is 5.56 Å². The zero-order valence-electron chi connectivity index (χ0n) is 11.5. The van der Waals surface area contributed by atoms with E-state index in [1.807, 2.05) is 11.0 Å². The van der Waals surface area contributed by atoms with Crippen molar-refractivity contribution in [2.45, 2.75) is 6.54 Å². The molecular formula is C14H20FN3O. The van der Waals surface area contributed by atoms with Crippen LogP contribution in [-0.4, -0.2) is 61.0 Å². The van der Waals surface area contributed by atoms with Crippen molar-refractivity contribution in [3.8, 4) is 0 Å². The van der Waals surface area contributed by atoms with Crippen LogP contribution in [0, 0.1) is 5.82 Å². The Morgan fingerprint density at radius 2 is 1.95 bits per heavy atom. The van der Waals surface area contributed by atoms with Crippen molar-refractivity contribution < 1.29 is 9.18 Å². The normalized spacial score (nSPS) is 16.5. The molecule has 1 aromatic carbocycles. The minimum atomic E-state index is -0.195. The summed E-state index contributed by atoms with van der Waals surface area (Å²) >= 11 is 0. The number of amides is 2. The third kappa shape index (κ3) is 3.67. The smallest absolute Gasteiger partial charge is 0.319 e. The van der Waals surface area contributed by atoms with Crippen LogP contribution in [0.25, 0.3) is 0 Å². The van der Waals surface area contributed by atoms with Crippen LogP contribution in [0.15, 0.2) is 24.3 Å². The van der Waals surface area contributed by atoms with E-state index in [-0.39, 0.29) is 11.8 Å². The first-order valence-corrected chi connectivity index (χ1v) is 6.49. The van der Waals surface area contributed by atoms with Gasteiger partial charge in [-0.15, -0.1) is 0 Å². The molecule has 1 heterocycles. The molecule has 0 radical (unpaired) electrons. The summed E-state index contributed by atoms with van der Waals surface area (Å²) < 4.78 is 13.1. The third-order valence-electron chi connectivity index (χ3n) is 3.32. The molecule has 104 valence electrons. The van der Waals surface area contributed by atoms with Crippen LogP contribution < -0.4 is 0 Å². The molecular weight excluding hydrogens is 245 g/mol. The average Bonchev–Trinajstić information content (AvgIpc) is 2.39. The molecule has 0 N–H and O–H groups in total. The molecule has 1 saturated heterocycles. The molecule has 0 spiro atoms. The second-order valence-corrected chi connectivity index (χ2v) is 5.07. The lowest BCUT2D eigenvalue weighted by Gasteiger charge is -2.35. The second kappa shape index (κ2) is 6.02. The number of carbonyl (C=O) groups is 1. The molecule has 19 heavy (non-hydrogen) atoms. The van der Waals surface area contributed by atoms with Crippen molar-refractivity contribution in [1.82, 2.24) is 14.7 Å². The molecule has 0 bridgehead atoms. The standard InChI is InChI=1S/C14H20FN3O/c1-16(2)14(19)18-8-6-17(7-9-18)11-12-4-3-5-13(15)10-12/h3-5,10H,6-9,11H2,1-2H3. The summed E-state index contributed by atoms with van der Waals surface area (Å²) in [5.41, 5.74) is 0.979. The molecule has 0 aromatic heterocycles. The molecule has 0 unspecified atom stereocenters. The Kier molecular flexibility index (Phi) is 4.37. The number of halogens is 1. The van der Waals surface area contributed by atoms with Crippen molar-refractivity contribution in [3.63, 3.8) is 0 Å². The fourth-order valence-electron chi connectivity index (χ4n) is 2.27. The Morgan fingerprint density at radius 1 is 1.26 bits per heavy atom. The highest BCUT2D eigenvalue weighted by Gasteiger charge is 2.21. The van der Waals surface area contributed by atoms with Gasteiger partial charge in [-0.25, -0.2) is 9.18 Å². The van der Waals surface area contributed by atoms with Crippen molar-refractivity contribution in [2.75, 3.05) is 40.3 Å². The molecule has 1 aliphatic heterocycles. The van der Waals surface area contributed by atoms with E-state index in [1.165, 1.54) is 6.07 Å². The molecule has 4 nitrogen and oxygen atoms in total. The molecule has 2 amide bonds. The van der Waals surface area contributed by atoms with Crippen LogP contribution in [0.2, 0.25) is 0 Å². The van der Waals surface area contributed by atoms with Crippen molar-refractivity contribution in [1.29, 1.82) is 0 Å². The van der Waals surface area contributed by atoms with Gasteiger partial charge in [0.2, 0.25) is 0 Å². The molecule has 0 saturated carbocycles. The number of hydrogen-bond acceptors (Lipinski definition) is 2. The quantitative estimate of drug-likeness (QED) is 0.812. The van der Waals surface area contributed by atoms with Gasteiger partial charge in [-0.05, 0) is 17.7 Å². The number of piperazine rings is 1. The lowest BCUT2D eigenvalue weighted by Crippen LogP contribution is -2.51. The van der Waals surface area contributed by atoms with Gasteiger partial charge in [0, 0.05) is 46.8 Å². The third-order valence-corrected chi connectivity index (χ3v) is 3.32. The van der Waals surface area contributed by atoms with E-state index >= 15 is 0 Å². The Morgan fingerprint density at radius 3 is 2.53 bits per heavy atom. The Bertz CT molecular complexity index is 442. The van der Waals surface area contributed by atoms with Gasteiger partial charge in [-0.1, -0.05) is 12.1 Å². The molecule has 1 aliphatic rings. The predicted molar refractivity (Wildman–Crippen MR) is 72.3 cm³/mol. The first-order valence-electron chi connectivity index (χ1n) is 6.49. The summed E-state index contributed by atoms with van der Waals surface area (Å²) in [6.45, 7) is 3.85. The number of carbonyl (C=O) groups excluding carboxylic acids is 1. The number of benzene rings is 1. The summed E-state index contributed by atoms with van der Waals surface area (Å²) in [6, 6.07) is 6.75. The van der Waals surface area contributed by atoms with E-state index in [2.05, 4.69) is 4.90 Å². The minimum Gasteiger partial charge on any atom is -0.331 e. The number of rotatable bonds is 2. The molecule has 1 aromatic rings. The average molecular weight is 265 g/mol. The SMILES string of the molecule is CN(C)C(=O)N1CCN(Cc2cccc(F)c2)CC1. The zero-order valence-corrected chi connectivity index (χ0v) is 11.5. The van der Waals surface area contributed by atoms with Gasteiger partial charge in [0.25, 0.3) is 0 Å². The van der Waals surface area contributed by atoms with Gasteiger partial charge in [0.15, 0.2) is 0 Å². The van der Waals surface area contributed by atoms with Gasteiger partial charge in [-0.3, -0.25) is 4.90 Å². The second-order valence-electron chi connectivity index (χ2n) is 5.07. The Hall–Kier alpha value is -1.62. The molecule has 0 aliphatic carbocycles. The fraction of sp³-hybridized carbons (Fsp3) is 0.500. The van der Waals surface area contributed by atoms with Crippen LogP contribution in [0.4, 0.5) is 9.18 Å². The minimum absolute atomic E-state index is 0.0606. The zero-order chi connectivity index (χ0) is 13.8. The number of nitrogens with zero attached hydrogens (tertiary/aromatic N) is 3. The number of urea groups is 1. The van der Waals surface area contributed by atoms with Crippen LogP contribution in [-0.2, 0) is 6.54 Å². The van der Waals surface area contributed by atoms with Crippen molar-refractivity contribution >= 4 is 6.03 Å². The van der Waals surface area contributed by atoms with Crippen LogP contribution >= 0.6 is 0 Å². The molecule has 2 rings (SSSR count). The first kappa shape index (κ1) is 13.8. The van der Waals surface area contributed by atoms with Gasteiger partial charge >= 0.3 is 6.03 Å². The van der Waals surface area contributed by atoms with Gasteiger partial charge < -0.3 is 9.80 Å². The van der Waals surface area contributed by atoms with E-state index < -0.39 is 0 Å². The molecule has 5 heteroatoms. The van der Waals surface area contributed by atoms with Crippen LogP contribution in [0.5, 0.6) is 0 Å². The van der Waals surface area contributed by atoms with E-state index in [0.717, 1.165) is 38.3 Å². The van der Waals surface area contributed by atoms with Gasteiger partial charge in [0.1, 0.15) is 5.82 Å². The lowest BCUT2D eigenvalue weighted by molar-refractivity contribution is 0.120. The predicted octanol–water partition coefficient (Wildman–Crippen LogP) is 1.62. The van der Waals surface area contributed by atoms with Crippen molar-refractivity contribution in [2.24, 2.45) is 0 Å². The summed E-state index contributed by atoms with van der Waals surface area (Å²) in [5.74, 6) is -0.195. The van der Waals surface area contributed by atoms with Gasteiger partial charge in [-0.2, -0.15) is 0 Å².